The highest BCUT2D eigenvalue weighted by atomic mass is 16.3. The second-order valence-electron chi connectivity index (χ2n) is 7.92. The average Bonchev–Trinajstić information content (AvgIpc) is 2.80. The molecular weight excluding hydrogens is 328 g/mol. The van der Waals surface area contributed by atoms with Crippen molar-refractivity contribution < 1.29 is 19.5 Å². The lowest BCUT2D eigenvalue weighted by atomic mass is 9.76. The molecule has 0 aromatic heterocycles. The Morgan fingerprint density at radius 2 is 1.81 bits per heavy atom. The van der Waals surface area contributed by atoms with Crippen LogP contribution in [0.25, 0.3) is 0 Å². The Hall–Kier alpha value is -2.23. The maximum absolute atomic E-state index is 12.8. The lowest BCUT2D eigenvalue weighted by molar-refractivity contribution is -0.116. The van der Waals surface area contributed by atoms with Gasteiger partial charge in [0.05, 0.1) is 11.5 Å². The minimum atomic E-state index is -0.975. The molecule has 1 saturated carbocycles. The zero-order valence-electron chi connectivity index (χ0n) is 14.9. The van der Waals surface area contributed by atoms with Crippen LogP contribution in [0, 0.1) is 17.8 Å². The number of Topliss-reactive ketones (excluding diaryl/α,β-unsaturated/α-hetero) is 3. The van der Waals surface area contributed by atoms with Crippen LogP contribution in [-0.2, 0) is 4.79 Å². The van der Waals surface area contributed by atoms with E-state index in [1.165, 1.54) is 31.7 Å². The van der Waals surface area contributed by atoms with Gasteiger partial charge in [-0.25, -0.2) is 0 Å². The van der Waals surface area contributed by atoms with E-state index in [0.717, 1.165) is 24.8 Å². The van der Waals surface area contributed by atoms with Gasteiger partial charge < -0.3 is 5.11 Å². The molecule has 1 aromatic carbocycles. The van der Waals surface area contributed by atoms with Gasteiger partial charge in [-0.15, -0.1) is 0 Å². The van der Waals surface area contributed by atoms with Crippen molar-refractivity contribution in [2.24, 2.45) is 17.8 Å². The zero-order chi connectivity index (χ0) is 18.3. The molecule has 0 radical (unpaired) electrons. The Labute approximate surface area is 153 Å². The van der Waals surface area contributed by atoms with Crippen LogP contribution < -0.4 is 0 Å². The van der Waals surface area contributed by atoms with Gasteiger partial charge >= 0.3 is 0 Å². The van der Waals surface area contributed by atoms with Crippen LogP contribution in [0.1, 0.15) is 72.1 Å². The molecule has 1 aromatic rings. The van der Waals surface area contributed by atoms with Gasteiger partial charge in [-0.05, 0) is 49.2 Å². The molecule has 0 saturated heterocycles. The van der Waals surface area contributed by atoms with E-state index in [1.54, 1.807) is 12.1 Å². The fourth-order valence-corrected chi connectivity index (χ4v) is 4.95. The molecule has 3 atom stereocenters. The largest absolute Gasteiger partial charge is 0.507 e. The number of allylic oxidation sites excluding steroid dienone is 2. The Balaban J connectivity index is 1.49. The van der Waals surface area contributed by atoms with Gasteiger partial charge in [0.2, 0.25) is 0 Å². The number of phenolic OH excluding ortho intramolecular Hbond substituents is 1. The van der Waals surface area contributed by atoms with Gasteiger partial charge in [-0.3, -0.25) is 14.4 Å². The van der Waals surface area contributed by atoms with E-state index < -0.39 is 11.7 Å². The first kappa shape index (κ1) is 17.2. The maximum Gasteiger partial charge on any atom is 0.178 e. The number of hydrogen-bond donors (Lipinski definition) is 1. The van der Waals surface area contributed by atoms with Crippen molar-refractivity contribution in [2.45, 2.75) is 51.4 Å². The Bertz CT molecular complexity index is 804. The monoisotopic (exact) mass is 352 g/mol. The van der Waals surface area contributed by atoms with E-state index in [4.69, 9.17) is 0 Å². The molecule has 0 spiro atoms. The van der Waals surface area contributed by atoms with Crippen molar-refractivity contribution in [3.8, 4) is 5.75 Å². The molecule has 3 aliphatic carbocycles. The Kier molecular flexibility index (Phi) is 4.51. The second-order valence-corrected chi connectivity index (χ2v) is 7.92. The topological polar surface area (TPSA) is 71.4 Å². The lowest BCUT2D eigenvalue weighted by Crippen LogP contribution is -2.20. The van der Waals surface area contributed by atoms with Crippen LogP contribution in [-0.4, -0.2) is 22.5 Å². The number of aromatic hydroxyl groups is 1. The van der Waals surface area contributed by atoms with Gasteiger partial charge in [-0.2, -0.15) is 0 Å². The molecule has 0 heterocycles. The molecule has 0 amide bonds. The number of phenols is 1. The van der Waals surface area contributed by atoms with Crippen molar-refractivity contribution in [2.75, 3.05) is 0 Å². The van der Waals surface area contributed by atoms with Crippen LogP contribution in [0.15, 0.2) is 29.8 Å². The SMILES string of the molecule is O=C(CC1C(=O)c2cccc(O)c2C1=O)C1=CCC2CCCCC2CC1. The number of fused-ring (bicyclic) bond motifs is 2. The summed E-state index contributed by atoms with van der Waals surface area (Å²) in [4.78, 5) is 37.9. The van der Waals surface area contributed by atoms with Gasteiger partial charge in [0.25, 0.3) is 0 Å². The minimum absolute atomic E-state index is 0.0764. The number of carbonyl (C=O) groups excluding carboxylic acids is 3. The molecule has 0 bridgehead atoms. The summed E-state index contributed by atoms with van der Waals surface area (Å²) >= 11 is 0. The van der Waals surface area contributed by atoms with Crippen LogP contribution >= 0.6 is 0 Å². The molecule has 0 aliphatic heterocycles. The molecule has 3 unspecified atom stereocenters. The fourth-order valence-electron chi connectivity index (χ4n) is 4.95. The van der Waals surface area contributed by atoms with Crippen LogP contribution in [0.5, 0.6) is 5.75 Å². The maximum atomic E-state index is 12.8. The van der Waals surface area contributed by atoms with E-state index in [9.17, 15) is 19.5 Å². The predicted octanol–water partition coefficient (Wildman–Crippen LogP) is 4.26. The van der Waals surface area contributed by atoms with Crippen molar-refractivity contribution >= 4 is 17.3 Å². The average molecular weight is 352 g/mol. The number of carbonyl (C=O) groups is 3. The smallest absolute Gasteiger partial charge is 0.178 e. The van der Waals surface area contributed by atoms with Crippen molar-refractivity contribution in [3.63, 3.8) is 0 Å². The first-order valence-electron chi connectivity index (χ1n) is 9.69. The third-order valence-electron chi connectivity index (χ3n) is 6.45. The molecule has 4 nitrogen and oxygen atoms in total. The standard InChI is InChI=1S/C22H24O4/c23-18-7-3-6-16-20(18)22(26)17(21(16)25)12-19(24)15-10-8-13-4-1-2-5-14(13)9-11-15/h3,6-7,10,13-14,17,23H,1-2,4-5,8-9,11-12H2. The summed E-state index contributed by atoms with van der Waals surface area (Å²) in [6.07, 6.45) is 9.80. The highest BCUT2D eigenvalue weighted by Crippen LogP contribution is 2.40. The Morgan fingerprint density at radius 1 is 1.04 bits per heavy atom. The summed E-state index contributed by atoms with van der Waals surface area (Å²) < 4.78 is 0. The van der Waals surface area contributed by atoms with Gasteiger partial charge in [0, 0.05) is 12.0 Å². The summed E-state index contributed by atoms with van der Waals surface area (Å²) in [5.74, 6) is -0.587. The molecule has 136 valence electrons. The van der Waals surface area contributed by atoms with Crippen molar-refractivity contribution in [1.82, 2.24) is 0 Å². The van der Waals surface area contributed by atoms with Crippen molar-refractivity contribution in [3.05, 3.63) is 41.0 Å². The summed E-state index contributed by atoms with van der Waals surface area (Å²) in [6.45, 7) is 0. The second kappa shape index (κ2) is 6.82. The number of ketones is 3. The number of hydrogen-bond acceptors (Lipinski definition) is 4. The molecule has 4 heteroatoms. The van der Waals surface area contributed by atoms with Crippen LogP contribution in [0.4, 0.5) is 0 Å². The zero-order valence-corrected chi connectivity index (χ0v) is 14.9. The number of benzene rings is 1. The Morgan fingerprint density at radius 3 is 2.58 bits per heavy atom. The molecule has 3 aliphatic rings. The van der Waals surface area contributed by atoms with E-state index in [-0.39, 0.29) is 34.9 Å². The highest BCUT2D eigenvalue weighted by molar-refractivity contribution is 6.28. The third-order valence-corrected chi connectivity index (χ3v) is 6.45. The summed E-state index contributed by atoms with van der Waals surface area (Å²) in [6, 6.07) is 4.51. The quantitative estimate of drug-likeness (QED) is 0.825. The first-order valence-corrected chi connectivity index (χ1v) is 9.69. The number of rotatable bonds is 3. The minimum Gasteiger partial charge on any atom is -0.507 e. The normalized spacial score (nSPS) is 28.2. The molecular formula is C22H24O4. The van der Waals surface area contributed by atoms with Gasteiger partial charge in [0.15, 0.2) is 17.3 Å². The van der Waals surface area contributed by atoms with E-state index in [0.29, 0.717) is 11.8 Å². The fraction of sp³-hybridized carbons (Fsp3) is 0.500. The summed E-state index contributed by atoms with van der Waals surface area (Å²) in [7, 11) is 0. The molecule has 1 fully saturated rings. The summed E-state index contributed by atoms with van der Waals surface area (Å²) in [5, 5.41) is 9.91. The highest BCUT2D eigenvalue weighted by Gasteiger charge is 2.41. The van der Waals surface area contributed by atoms with E-state index in [1.807, 2.05) is 0 Å². The third kappa shape index (κ3) is 2.91. The molecule has 4 rings (SSSR count). The molecule has 26 heavy (non-hydrogen) atoms. The van der Waals surface area contributed by atoms with E-state index >= 15 is 0 Å². The first-order chi connectivity index (χ1) is 12.6. The van der Waals surface area contributed by atoms with Gasteiger partial charge in [0.1, 0.15) is 5.75 Å². The summed E-state index contributed by atoms with van der Waals surface area (Å²) in [5.41, 5.74) is 1.12. The predicted molar refractivity (Wildman–Crippen MR) is 97.3 cm³/mol. The van der Waals surface area contributed by atoms with Gasteiger partial charge in [-0.1, -0.05) is 37.5 Å². The van der Waals surface area contributed by atoms with Crippen LogP contribution in [0.3, 0.4) is 0 Å². The lowest BCUT2D eigenvalue weighted by Gasteiger charge is -2.29. The molecule has 1 N–H and O–H groups in total. The van der Waals surface area contributed by atoms with Crippen molar-refractivity contribution in [1.29, 1.82) is 0 Å². The van der Waals surface area contributed by atoms with E-state index in [2.05, 4.69) is 6.08 Å². The van der Waals surface area contributed by atoms with Crippen LogP contribution in [0.2, 0.25) is 0 Å².